The van der Waals surface area contributed by atoms with Gasteiger partial charge in [0.05, 0.1) is 16.1 Å². The Morgan fingerprint density at radius 2 is 1.92 bits per heavy atom. The molecule has 3 N–H and O–H groups in total. The topological polar surface area (TPSA) is 104 Å². The van der Waals surface area contributed by atoms with Crippen molar-refractivity contribution >= 4 is 41.1 Å². The molecule has 0 aromatic heterocycles. The minimum atomic E-state index is -1.08. The molecule has 2 atom stereocenters. The van der Waals surface area contributed by atoms with Crippen LogP contribution in [-0.4, -0.2) is 59.0 Å². The van der Waals surface area contributed by atoms with Gasteiger partial charge in [-0.25, -0.2) is 4.79 Å². The highest BCUT2D eigenvalue weighted by Crippen LogP contribution is 2.34. The first-order valence-electron chi connectivity index (χ1n) is 7.67. The van der Waals surface area contributed by atoms with Crippen LogP contribution in [0.5, 0.6) is 0 Å². The maximum Gasteiger partial charge on any atom is 0.407 e. The lowest BCUT2D eigenvalue weighted by atomic mass is 9.93. The highest BCUT2D eigenvalue weighted by Gasteiger charge is 2.40. The summed E-state index contributed by atoms with van der Waals surface area (Å²) in [5, 5.41) is 10.1. The van der Waals surface area contributed by atoms with Crippen molar-refractivity contribution in [2.24, 2.45) is 5.73 Å². The summed E-state index contributed by atoms with van der Waals surface area (Å²) in [5.74, 6) is -1.02. The van der Waals surface area contributed by atoms with Crippen molar-refractivity contribution in [1.82, 2.24) is 9.80 Å². The number of likely N-dealkylation sites (tertiary alicyclic amines) is 1. The van der Waals surface area contributed by atoms with Gasteiger partial charge < -0.3 is 20.6 Å². The molecule has 1 aromatic carbocycles. The lowest BCUT2D eigenvalue weighted by Gasteiger charge is -2.26. The molecule has 136 valence electrons. The monoisotopic (exact) mass is 387 g/mol. The van der Waals surface area contributed by atoms with Crippen molar-refractivity contribution in [2.75, 3.05) is 20.1 Å². The third-order valence-corrected chi connectivity index (χ3v) is 5.14. The van der Waals surface area contributed by atoms with E-state index in [2.05, 4.69) is 0 Å². The number of likely N-dealkylation sites (N-methyl/N-ethyl adjacent to an activating group) is 1. The largest absolute Gasteiger partial charge is 0.465 e. The van der Waals surface area contributed by atoms with Gasteiger partial charge in [-0.05, 0) is 17.7 Å². The minimum absolute atomic E-state index is 0.00688. The van der Waals surface area contributed by atoms with Gasteiger partial charge in [0.2, 0.25) is 11.8 Å². The third-order valence-electron chi connectivity index (χ3n) is 4.40. The number of carbonyl (C=O) groups excluding carboxylic acids is 2. The number of carboxylic acid groups (broad SMARTS) is 1. The van der Waals surface area contributed by atoms with E-state index in [4.69, 9.17) is 28.9 Å². The molecule has 0 spiro atoms. The van der Waals surface area contributed by atoms with Crippen molar-refractivity contribution < 1.29 is 19.5 Å². The summed E-state index contributed by atoms with van der Waals surface area (Å²) in [7, 11) is 1.47. The van der Waals surface area contributed by atoms with Gasteiger partial charge in [0.25, 0.3) is 0 Å². The van der Waals surface area contributed by atoms with Crippen LogP contribution in [0, 0.1) is 0 Å². The first-order valence-corrected chi connectivity index (χ1v) is 8.43. The maximum absolute atomic E-state index is 12.3. The molecular formula is C16H19Cl2N3O4. The van der Waals surface area contributed by atoms with Gasteiger partial charge in [0, 0.05) is 38.9 Å². The predicted molar refractivity (Wildman–Crippen MR) is 93.8 cm³/mol. The van der Waals surface area contributed by atoms with E-state index in [0.29, 0.717) is 16.6 Å². The Bertz CT molecular complexity index is 698. The summed E-state index contributed by atoms with van der Waals surface area (Å²) in [4.78, 5) is 37.3. The quantitative estimate of drug-likeness (QED) is 0.807. The van der Waals surface area contributed by atoms with Gasteiger partial charge in [-0.2, -0.15) is 0 Å². The highest BCUT2D eigenvalue weighted by molar-refractivity contribution is 6.42. The lowest BCUT2D eigenvalue weighted by molar-refractivity contribution is -0.132. The normalized spacial score (nSPS) is 19.7. The van der Waals surface area contributed by atoms with E-state index in [9.17, 15) is 19.5 Å². The van der Waals surface area contributed by atoms with Crippen LogP contribution in [0.25, 0.3) is 0 Å². The fourth-order valence-electron chi connectivity index (χ4n) is 2.98. The molecule has 1 heterocycles. The number of hydrogen-bond acceptors (Lipinski definition) is 3. The van der Waals surface area contributed by atoms with Crippen molar-refractivity contribution in [3.8, 4) is 0 Å². The number of amides is 3. The van der Waals surface area contributed by atoms with E-state index in [1.54, 1.807) is 23.1 Å². The second-order valence-electron chi connectivity index (χ2n) is 6.01. The summed E-state index contributed by atoms with van der Waals surface area (Å²) in [5.41, 5.74) is 5.88. The van der Waals surface area contributed by atoms with E-state index in [1.165, 1.54) is 11.9 Å². The van der Waals surface area contributed by atoms with Crippen LogP contribution in [0.2, 0.25) is 10.0 Å². The van der Waals surface area contributed by atoms with Crippen LogP contribution >= 0.6 is 23.2 Å². The van der Waals surface area contributed by atoms with Crippen molar-refractivity contribution in [1.29, 1.82) is 0 Å². The third kappa shape index (κ3) is 4.55. The molecule has 0 aliphatic carbocycles. The second kappa shape index (κ2) is 7.93. The summed E-state index contributed by atoms with van der Waals surface area (Å²) in [6.45, 7) is 0.573. The Balaban J connectivity index is 2.24. The number of hydrogen-bond donors (Lipinski definition) is 2. The molecule has 9 heteroatoms. The number of nitrogens with zero attached hydrogens (tertiary/aromatic N) is 2. The Labute approximate surface area is 155 Å². The van der Waals surface area contributed by atoms with Crippen molar-refractivity contribution in [3.05, 3.63) is 33.8 Å². The number of benzene rings is 1. The van der Waals surface area contributed by atoms with Crippen LogP contribution in [0.15, 0.2) is 18.2 Å². The molecule has 1 aliphatic heterocycles. The number of halogens is 2. The fourth-order valence-corrected chi connectivity index (χ4v) is 3.29. The number of primary amides is 1. The molecule has 1 saturated heterocycles. The van der Waals surface area contributed by atoms with Crippen molar-refractivity contribution in [2.45, 2.75) is 24.8 Å². The standard InChI is InChI=1S/C16H19Cl2N3O4/c1-20(16(24)25)13-8-21(15(23)5-4-14(19)22)7-10(13)9-2-3-11(17)12(18)6-9/h2-3,6,10,13H,4-5,7-8H2,1H3,(H2,19,22)(H,24,25)/t10-,13+/m1/s1. The predicted octanol–water partition coefficient (Wildman–Crippen LogP) is 2.16. The average molecular weight is 388 g/mol. The van der Waals surface area contributed by atoms with Gasteiger partial charge in [-0.1, -0.05) is 29.3 Å². The number of carbonyl (C=O) groups is 3. The van der Waals surface area contributed by atoms with Crippen LogP contribution in [0.3, 0.4) is 0 Å². The molecule has 1 aromatic rings. The first kappa shape index (κ1) is 19.3. The van der Waals surface area contributed by atoms with Crippen LogP contribution in [0.4, 0.5) is 4.79 Å². The zero-order valence-corrected chi connectivity index (χ0v) is 15.1. The number of nitrogens with two attached hydrogens (primary N) is 1. The maximum atomic E-state index is 12.3. The molecule has 3 amide bonds. The number of rotatable bonds is 5. The first-order chi connectivity index (χ1) is 11.7. The minimum Gasteiger partial charge on any atom is -0.465 e. The van der Waals surface area contributed by atoms with E-state index >= 15 is 0 Å². The molecule has 1 aliphatic rings. The highest BCUT2D eigenvalue weighted by atomic mass is 35.5. The molecule has 0 radical (unpaired) electrons. The Kier molecular flexibility index (Phi) is 6.13. The van der Waals surface area contributed by atoms with Crippen LogP contribution in [0.1, 0.15) is 24.3 Å². The van der Waals surface area contributed by atoms with Crippen molar-refractivity contribution in [3.63, 3.8) is 0 Å². The van der Waals surface area contributed by atoms with Gasteiger partial charge >= 0.3 is 6.09 Å². The zero-order chi connectivity index (χ0) is 18.7. The van der Waals surface area contributed by atoms with Gasteiger partial charge in [-0.15, -0.1) is 0 Å². The molecule has 0 saturated carbocycles. The van der Waals surface area contributed by atoms with E-state index in [0.717, 1.165) is 5.56 Å². The second-order valence-corrected chi connectivity index (χ2v) is 6.82. The fraction of sp³-hybridized carbons (Fsp3) is 0.438. The Hall–Kier alpha value is -1.99. The van der Waals surface area contributed by atoms with Gasteiger partial charge in [-0.3, -0.25) is 9.59 Å². The average Bonchev–Trinajstić information content (AvgIpc) is 2.99. The van der Waals surface area contributed by atoms with Gasteiger partial charge in [0.1, 0.15) is 0 Å². The summed E-state index contributed by atoms with van der Waals surface area (Å²) < 4.78 is 0. The van der Waals surface area contributed by atoms with Crippen LogP contribution in [-0.2, 0) is 9.59 Å². The summed E-state index contributed by atoms with van der Waals surface area (Å²) in [6.07, 6.45) is -1.11. The van der Waals surface area contributed by atoms with E-state index < -0.39 is 18.0 Å². The molecule has 2 rings (SSSR count). The van der Waals surface area contributed by atoms with E-state index in [-0.39, 0.29) is 31.2 Å². The molecular weight excluding hydrogens is 369 g/mol. The zero-order valence-electron chi connectivity index (χ0n) is 13.6. The smallest absolute Gasteiger partial charge is 0.407 e. The summed E-state index contributed by atoms with van der Waals surface area (Å²) in [6, 6.07) is 4.69. The molecule has 0 bridgehead atoms. The Morgan fingerprint density at radius 1 is 1.24 bits per heavy atom. The summed E-state index contributed by atoms with van der Waals surface area (Å²) >= 11 is 12.0. The Morgan fingerprint density at radius 3 is 2.48 bits per heavy atom. The molecule has 1 fully saturated rings. The molecule has 0 unspecified atom stereocenters. The lowest BCUT2D eigenvalue weighted by Crippen LogP contribution is -2.41. The molecule has 7 nitrogen and oxygen atoms in total. The van der Waals surface area contributed by atoms with E-state index in [1.807, 2.05) is 0 Å². The van der Waals surface area contributed by atoms with Gasteiger partial charge in [0.15, 0.2) is 0 Å². The SMILES string of the molecule is CN(C(=O)O)[C@H]1CN(C(=O)CCC(N)=O)C[C@@H]1c1ccc(Cl)c(Cl)c1. The van der Waals surface area contributed by atoms with Crippen LogP contribution < -0.4 is 5.73 Å². The molecule has 25 heavy (non-hydrogen) atoms.